The molecule has 0 spiro atoms. The van der Waals surface area contributed by atoms with Gasteiger partial charge in [0, 0.05) is 13.5 Å². The van der Waals surface area contributed by atoms with Crippen LogP contribution in [-0.4, -0.2) is 89.0 Å². The summed E-state index contributed by atoms with van der Waals surface area (Å²) in [4.78, 5) is 85.3. The smallest absolute Gasteiger partial charge is 0.407 e. The first-order chi connectivity index (χ1) is 20.8. The number of nitrogens with zero attached hydrogens (tertiary/aromatic N) is 4. The van der Waals surface area contributed by atoms with Gasteiger partial charge in [0.25, 0.3) is 0 Å². The van der Waals surface area contributed by atoms with Crippen LogP contribution in [0.1, 0.15) is 53.0 Å². The van der Waals surface area contributed by atoms with Crippen LogP contribution in [0.25, 0.3) is 0 Å². The molecule has 0 heterocycles. The molecule has 250 valence electrons. The lowest BCUT2D eigenvalue weighted by Gasteiger charge is -2.11. The number of carbonyl (C=O) groups is 2. The number of isocyanates is 4. The summed E-state index contributed by atoms with van der Waals surface area (Å²) in [5.41, 5.74) is 2.51. The first-order valence-electron chi connectivity index (χ1n) is 12.9. The molecular formula is C30H45N5O10. The Kier molecular flexibility index (Phi) is 37.0. The Balaban J connectivity index is -0.000000432. The third-order valence-electron chi connectivity index (χ3n) is 4.53. The molecule has 1 atom stereocenters. The van der Waals surface area contributed by atoms with Gasteiger partial charge in [-0.2, -0.15) is 9.98 Å². The Morgan fingerprint density at radius 2 is 1.60 bits per heavy atom. The van der Waals surface area contributed by atoms with Crippen LogP contribution in [0.4, 0.5) is 10.5 Å². The topological polar surface area (TPSA) is 201 Å². The van der Waals surface area contributed by atoms with E-state index in [1.54, 1.807) is 13.0 Å². The Bertz CT molecular complexity index is 1150. The van der Waals surface area contributed by atoms with E-state index in [4.69, 9.17) is 24.0 Å². The van der Waals surface area contributed by atoms with Crippen molar-refractivity contribution in [1.29, 1.82) is 0 Å². The SMILES string of the molecule is C.C.C=C(C)COOCCCOC(=O)NCCOC(=O)C(CCCCN=C=O)N=C=O.CN=C=O.Cc1ccccc1N=C=O. The van der Waals surface area contributed by atoms with Crippen molar-refractivity contribution in [2.75, 3.05) is 46.6 Å². The number of rotatable bonds is 18. The van der Waals surface area contributed by atoms with Crippen LogP contribution in [0.2, 0.25) is 0 Å². The van der Waals surface area contributed by atoms with Gasteiger partial charge >= 0.3 is 12.1 Å². The fourth-order valence-electron chi connectivity index (χ4n) is 2.55. The highest BCUT2D eigenvalue weighted by molar-refractivity contribution is 5.77. The van der Waals surface area contributed by atoms with Crippen molar-refractivity contribution in [2.24, 2.45) is 20.0 Å². The number of aryl methyl sites for hydroxylation is 1. The first-order valence-corrected chi connectivity index (χ1v) is 12.9. The number of unbranched alkanes of at least 4 members (excludes halogenated alkanes) is 1. The van der Waals surface area contributed by atoms with Crippen molar-refractivity contribution in [2.45, 2.75) is 60.4 Å². The van der Waals surface area contributed by atoms with Crippen molar-refractivity contribution in [3.63, 3.8) is 0 Å². The van der Waals surface area contributed by atoms with Crippen molar-refractivity contribution >= 4 is 42.1 Å². The van der Waals surface area contributed by atoms with Crippen LogP contribution >= 0.6 is 0 Å². The molecule has 45 heavy (non-hydrogen) atoms. The molecule has 1 rings (SSSR count). The maximum absolute atomic E-state index is 11.9. The summed E-state index contributed by atoms with van der Waals surface area (Å²) in [6, 6.07) is 6.44. The van der Waals surface area contributed by atoms with Gasteiger partial charge in [0.1, 0.15) is 13.2 Å². The Morgan fingerprint density at radius 3 is 2.18 bits per heavy atom. The zero-order chi connectivity index (χ0) is 32.6. The summed E-state index contributed by atoms with van der Waals surface area (Å²) in [6.45, 7) is 8.26. The van der Waals surface area contributed by atoms with E-state index >= 15 is 0 Å². The van der Waals surface area contributed by atoms with Crippen LogP contribution in [-0.2, 0) is 43.2 Å². The number of hydrogen-bond acceptors (Lipinski definition) is 14. The Hall–Kier alpha value is -4.86. The number of hydrogen-bond donors (Lipinski definition) is 1. The summed E-state index contributed by atoms with van der Waals surface area (Å²) in [5.74, 6) is -0.700. The summed E-state index contributed by atoms with van der Waals surface area (Å²) in [6.07, 6.45) is 6.66. The molecule has 0 aliphatic heterocycles. The minimum atomic E-state index is -0.980. The monoisotopic (exact) mass is 635 g/mol. The van der Waals surface area contributed by atoms with E-state index in [0.717, 1.165) is 11.1 Å². The van der Waals surface area contributed by atoms with E-state index in [0.29, 0.717) is 31.6 Å². The van der Waals surface area contributed by atoms with Gasteiger partial charge in [-0.15, -0.1) is 0 Å². The second kappa shape index (κ2) is 35.3. The Labute approximate surface area is 264 Å². The maximum atomic E-state index is 11.9. The summed E-state index contributed by atoms with van der Waals surface area (Å²) < 4.78 is 9.86. The average Bonchev–Trinajstić information content (AvgIpc) is 2.99. The second-order valence-corrected chi connectivity index (χ2v) is 8.13. The second-order valence-electron chi connectivity index (χ2n) is 8.13. The summed E-state index contributed by atoms with van der Waals surface area (Å²) in [5, 5.41) is 2.41. The third-order valence-corrected chi connectivity index (χ3v) is 4.53. The third kappa shape index (κ3) is 31.9. The van der Waals surface area contributed by atoms with Crippen LogP contribution in [0.15, 0.2) is 56.4 Å². The molecule has 0 saturated heterocycles. The van der Waals surface area contributed by atoms with Crippen molar-refractivity contribution in [1.82, 2.24) is 5.32 Å². The predicted molar refractivity (Wildman–Crippen MR) is 167 cm³/mol. The molecule has 1 aromatic carbocycles. The lowest BCUT2D eigenvalue weighted by molar-refractivity contribution is -0.288. The number of benzene rings is 1. The summed E-state index contributed by atoms with van der Waals surface area (Å²) in [7, 11) is 1.38. The van der Waals surface area contributed by atoms with E-state index in [9.17, 15) is 24.0 Å². The average molecular weight is 636 g/mol. The molecule has 0 aliphatic carbocycles. The van der Waals surface area contributed by atoms with E-state index < -0.39 is 18.1 Å². The molecule has 15 heteroatoms. The molecule has 0 radical (unpaired) electrons. The van der Waals surface area contributed by atoms with Crippen molar-refractivity contribution < 1.29 is 48.0 Å². The first kappa shape index (κ1) is 47.1. The fourth-order valence-corrected chi connectivity index (χ4v) is 2.55. The molecule has 1 amide bonds. The number of esters is 1. The van der Waals surface area contributed by atoms with Crippen LogP contribution < -0.4 is 5.32 Å². The van der Waals surface area contributed by atoms with E-state index in [-0.39, 0.29) is 54.2 Å². The van der Waals surface area contributed by atoms with Crippen LogP contribution in [0.5, 0.6) is 0 Å². The van der Waals surface area contributed by atoms with Gasteiger partial charge < -0.3 is 14.8 Å². The van der Waals surface area contributed by atoms with Gasteiger partial charge in [-0.25, -0.2) is 48.5 Å². The largest absolute Gasteiger partial charge is 0.462 e. The zero-order valence-electron chi connectivity index (χ0n) is 24.5. The van der Waals surface area contributed by atoms with Gasteiger partial charge in [0.15, 0.2) is 6.04 Å². The van der Waals surface area contributed by atoms with Gasteiger partial charge in [0.05, 0.1) is 32.0 Å². The molecular weight excluding hydrogens is 590 g/mol. The summed E-state index contributed by atoms with van der Waals surface area (Å²) >= 11 is 0. The molecule has 0 aromatic heterocycles. The molecule has 0 saturated carbocycles. The standard InChI is InChI=1S/C18H27N3O8.C8H7NO.C2H3NO.2CH4/c1-15(2)12-29-28-10-5-9-27-18(25)20-8-11-26-17(24)16(21-14-23)6-3-4-7-19-13-22;1-7-4-2-3-5-8(7)9-6-10;1-3-2-4;;/h16H,1,3-12H2,2H3,(H,20,25);2-5H,1H3;1H3;2*1H4. The Morgan fingerprint density at radius 1 is 0.911 bits per heavy atom. The lowest BCUT2D eigenvalue weighted by Crippen LogP contribution is -2.31. The highest BCUT2D eigenvalue weighted by Gasteiger charge is 2.18. The fraction of sp³-hybridized carbons (Fsp3) is 0.533. The quantitative estimate of drug-likeness (QED) is 0.0453. The number of aliphatic imine (C=N–C) groups is 4. The number of para-hydroxylation sites is 1. The number of carbonyl (C=O) groups excluding carboxylic acids is 6. The lowest BCUT2D eigenvalue weighted by atomic mass is 10.1. The van der Waals surface area contributed by atoms with E-state index in [2.05, 4.69) is 31.9 Å². The highest BCUT2D eigenvalue weighted by Crippen LogP contribution is 2.15. The predicted octanol–water partition coefficient (Wildman–Crippen LogP) is 4.57. The molecule has 0 aliphatic rings. The maximum Gasteiger partial charge on any atom is 0.407 e. The van der Waals surface area contributed by atoms with E-state index in [1.807, 2.05) is 25.1 Å². The number of amides is 1. The van der Waals surface area contributed by atoms with Crippen LogP contribution in [0, 0.1) is 6.92 Å². The van der Waals surface area contributed by atoms with Crippen molar-refractivity contribution in [3.05, 3.63) is 42.0 Å². The number of ether oxygens (including phenoxy) is 2. The molecule has 1 N–H and O–H groups in total. The highest BCUT2D eigenvalue weighted by atomic mass is 17.2. The number of alkyl carbamates (subject to hydrolysis) is 1. The van der Waals surface area contributed by atoms with Crippen LogP contribution in [0.3, 0.4) is 0 Å². The molecule has 1 unspecified atom stereocenters. The number of nitrogens with one attached hydrogen (secondary N) is 1. The van der Waals surface area contributed by atoms with Crippen molar-refractivity contribution in [3.8, 4) is 0 Å². The normalized spacial score (nSPS) is 9.22. The molecule has 1 aromatic rings. The zero-order valence-corrected chi connectivity index (χ0v) is 24.5. The van der Waals surface area contributed by atoms with Gasteiger partial charge in [0.2, 0.25) is 24.3 Å². The van der Waals surface area contributed by atoms with Gasteiger partial charge in [-0.3, -0.25) is 0 Å². The van der Waals surface area contributed by atoms with Gasteiger partial charge in [-0.05, 0) is 44.7 Å². The molecule has 0 fully saturated rings. The minimum absolute atomic E-state index is 0. The van der Waals surface area contributed by atoms with Gasteiger partial charge in [-0.1, -0.05) is 45.2 Å². The molecule has 0 bridgehead atoms. The van der Waals surface area contributed by atoms with E-state index in [1.165, 1.54) is 31.4 Å². The minimum Gasteiger partial charge on any atom is -0.462 e. The molecule has 15 nitrogen and oxygen atoms in total.